The molecular weight excluding hydrogens is 244 g/mol. The van der Waals surface area contributed by atoms with Gasteiger partial charge in [0.1, 0.15) is 0 Å². The van der Waals surface area contributed by atoms with Gasteiger partial charge in [-0.1, -0.05) is 13.3 Å². The zero-order valence-electron chi connectivity index (χ0n) is 13.3. The standard InChI is InChI=1S/C18H32N2/c1-14-5-4-9-20-17(13-18(14)20)12-15-7-10-19-8-3-2-6-16(19)11-15/h14-18H,2-13H2,1H3. The number of hydrogen-bond donors (Lipinski definition) is 0. The highest BCUT2D eigenvalue weighted by atomic mass is 15.3. The van der Waals surface area contributed by atoms with E-state index in [0.717, 1.165) is 30.0 Å². The van der Waals surface area contributed by atoms with E-state index >= 15 is 0 Å². The third-order valence-corrected chi connectivity index (χ3v) is 6.93. The molecule has 0 amide bonds. The van der Waals surface area contributed by atoms with Gasteiger partial charge in [0.25, 0.3) is 0 Å². The van der Waals surface area contributed by atoms with E-state index in [1.54, 1.807) is 0 Å². The molecule has 0 saturated carbocycles. The van der Waals surface area contributed by atoms with Gasteiger partial charge in [-0.25, -0.2) is 0 Å². The van der Waals surface area contributed by atoms with Crippen LogP contribution in [0, 0.1) is 11.8 Å². The van der Waals surface area contributed by atoms with Crippen LogP contribution in [0.3, 0.4) is 0 Å². The van der Waals surface area contributed by atoms with E-state index in [1.807, 2.05) is 0 Å². The molecule has 0 bridgehead atoms. The predicted molar refractivity (Wildman–Crippen MR) is 83.9 cm³/mol. The van der Waals surface area contributed by atoms with Crippen molar-refractivity contribution in [2.24, 2.45) is 11.8 Å². The fourth-order valence-corrected chi connectivity index (χ4v) is 5.68. The summed E-state index contributed by atoms with van der Waals surface area (Å²) in [7, 11) is 0. The van der Waals surface area contributed by atoms with Crippen molar-refractivity contribution in [2.75, 3.05) is 19.6 Å². The lowest BCUT2D eigenvalue weighted by Crippen LogP contribution is -2.61. The minimum absolute atomic E-state index is 0.957. The monoisotopic (exact) mass is 276 g/mol. The molecule has 0 aromatic rings. The molecular formula is C18H32N2. The second kappa shape index (κ2) is 5.61. The van der Waals surface area contributed by atoms with Gasteiger partial charge in [0, 0.05) is 18.1 Å². The van der Waals surface area contributed by atoms with Crippen molar-refractivity contribution in [2.45, 2.75) is 82.8 Å². The number of nitrogens with zero attached hydrogens (tertiary/aromatic N) is 2. The zero-order chi connectivity index (χ0) is 13.5. The van der Waals surface area contributed by atoms with Crippen molar-refractivity contribution >= 4 is 0 Å². The van der Waals surface area contributed by atoms with Crippen molar-refractivity contribution < 1.29 is 0 Å². The number of piperidine rings is 3. The lowest BCUT2D eigenvalue weighted by Gasteiger charge is -2.56. The van der Waals surface area contributed by atoms with Crippen molar-refractivity contribution in [1.29, 1.82) is 0 Å². The van der Waals surface area contributed by atoms with E-state index in [-0.39, 0.29) is 0 Å². The van der Waals surface area contributed by atoms with Crippen molar-refractivity contribution in [3.05, 3.63) is 0 Å². The number of hydrogen-bond acceptors (Lipinski definition) is 2. The Morgan fingerprint density at radius 2 is 1.85 bits per heavy atom. The third kappa shape index (κ3) is 2.43. The Labute approximate surface area is 124 Å². The van der Waals surface area contributed by atoms with Gasteiger partial charge in [0.15, 0.2) is 0 Å². The fourth-order valence-electron chi connectivity index (χ4n) is 5.68. The van der Waals surface area contributed by atoms with Crippen LogP contribution in [0.15, 0.2) is 0 Å². The van der Waals surface area contributed by atoms with Crippen LogP contribution in [0.25, 0.3) is 0 Å². The molecule has 0 aliphatic carbocycles. The summed E-state index contributed by atoms with van der Waals surface area (Å²) >= 11 is 0. The molecule has 4 rings (SSSR count). The largest absolute Gasteiger partial charge is 0.300 e. The first-order valence-corrected chi connectivity index (χ1v) is 9.31. The predicted octanol–water partition coefficient (Wildman–Crippen LogP) is 3.51. The van der Waals surface area contributed by atoms with E-state index < -0.39 is 0 Å². The Morgan fingerprint density at radius 3 is 2.80 bits per heavy atom. The molecule has 4 saturated heterocycles. The maximum Gasteiger partial charge on any atom is 0.0139 e. The van der Waals surface area contributed by atoms with Crippen molar-refractivity contribution in [1.82, 2.24) is 9.80 Å². The summed E-state index contributed by atoms with van der Waals surface area (Å²) < 4.78 is 0. The van der Waals surface area contributed by atoms with Gasteiger partial charge in [-0.15, -0.1) is 0 Å². The first-order valence-electron chi connectivity index (χ1n) is 9.31. The number of fused-ring (bicyclic) bond motifs is 2. The van der Waals surface area contributed by atoms with Crippen LogP contribution in [-0.2, 0) is 0 Å². The molecule has 114 valence electrons. The van der Waals surface area contributed by atoms with Crippen LogP contribution < -0.4 is 0 Å². The molecule has 4 fully saturated rings. The van der Waals surface area contributed by atoms with Crippen LogP contribution in [0.1, 0.15) is 64.7 Å². The van der Waals surface area contributed by atoms with Crippen LogP contribution in [0.2, 0.25) is 0 Å². The van der Waals surface area contributed by atoms with Gasteiger partial charge in [-0.3, -0.25) is 4.90 Å². The van der Waals surface area contributed by atoms with Crippen LogP contribution in [0.5, 0.6) is 0 Å². The summed E-state index contributed by atoms with van der Waals surface area (Å²) in [6, 6.07) is 2.88. The number of rotatable bonds is 2. The second-order valence-corrected chi connectivity index (χ2v) is 8.13. The Bertz CT molecular complexity index is 342. The molecule has 4 heterocycles. The quantitative estimate of drug-likeness (QED) is 0.761. The van der Waals surface area contributed by atoms with Gasteiger partial charge < -0.3 is 4.90 Å². The van der Waals surface area contributed by atoms with Crippen LogP contribution in [-0.4, -0.2) is 47.6 Å². The summed E-state index contributed by atoms with van der Waals surface area (Å²) in [5, 5.41) is 0. The average molecular weight is 276 g/mol. The molecule has 0 aromatic carbocycles. The van der Waals surface area contributed by atoms with Gasteiger partial charge in [0.2, 0.25) is 0 Å². The zero-order valence-corrected chi connectivity index (χ0v) is 13.3. The molecule has 5 unspecified atom stereocenters. The highest BCUT2D eigenvalue weighted by Crippen LogP contribution is 2.42. The van der Waals surface area contributed by atoms with Crippen LogP contribution >= 0.6 is 0 Å². The molecule has 0 N–H and O–H groups in total. The maximum absolute atomic E-state index is 2.88. The minimum Gasteiger partial charge on any atom is -0.300 e. The highest BCUT2D eigenvalue weighted by Gasteiger charge is 2.44. The van der Waals surface area contributed by atoms with E-state index in [0.29, 0.717) is 0 Å². The summed E-state index contributed by atoms with van der Waals surface area (Å²) in [5.41, 5.74) is 0. The smallest absolute Gasteiger partial charge is 0.0139 e. The van der Waals surface area contributed by atoms with Crippen molar-refractivity contribution in [3.8, 4) is 0 Å². The fraction of sp³-hybridized carbons (Fsp3) is 1.00. The Morgan fingerprint density at radius 1 is 0.900 bits per heavy atom. The molecule has 0 radical (unpaired) electrons. The Kier molecular flexibility index (Phi) is 3.80. The first-order chi connectivity index (χ1) is 9.81. The van der Waals surface area contributed by atoms with Crippen LogP contribution in [0.4, 0.5) is 0 Å². The lowest BCUT2D eigenvalue weighted by atomic mass is 9.73. The summed E-state index contributed by atoms with van der Waals surface area (Å²) in [4.78, 5) is 5.67. The Balaban J connectivity index is 1.30. The minimum atomic E-state index is 0.957. The van der Waals surface area contributed by atoms with Crippen molar-refractivity contribution in [3.63, 3.8) is 0 Å². The summed E-state index contributed by atoms with van der Waals surface area (Å²) in [6.07, 6.45) is 13.4. The molecule has 20 heavy (non-hydrogen) atoms. The third-order valence-electron chi connectivity index (χ3n) is 6.93. The summed E-state index contributed by atoms with van der Waals surface area (Å²) in [5.74, 6) is 2.01. The van der Waals surface area contributed by atoms with E-state index in [2.05, 4.69) is 16.7 Å². The Hall–Kier alpha value is -0.0800. The molecule has 4 aliphatic rings. The lowest BCUT2D eigenvalue weighted by molar-refractivity contribution is -0.0591. The maximum atomic E-state index is 2.88. The molecule has 2 nitrogen and oxygen atoms in total. The van der Waals surface area contributed by atoms with E-state index in [9.17, 15) is 0 Å². The van der Waals surface area contributed by atoms with Gasteiger partial charge in [-0.05, 0) is 82.8 Å². The molecule has 0 spiro atoms. The molecule has 5 atom stereocenters. The highest BCUT2D eigenvalue weighted by molar-refractivity contribution is 4.99. The van der Waals surface area contributed by atoms with Gasteiger partial charge in [0.05, 0.1) is 0 Å². The van der Waals surface area contributed by atoms with E-state index in [1.165, 1.54) is 77.4 Å². The SMILES string of the molecule is CC1CCCN2C(CC3CCN4CCCCC4C3)CC12. The van der Waals surface area contributed by atoms with Gasteiger partial charge in [-0.2, -0.15) is 0 Å². The topological polar surface area (TPSA) is 6.48 Å². The molecule has 4 aliphatic heterocycles. The second-order valence-electron chi connectivity index (χ2n) is 8.13. The van der Waals surface area contributed by atoms with Gasteiger partial charge >= 0.3 is 0 Å². The summed E-state index contributed by atoms with van der Waals surface area (Å²) in [6.45, 7) is 6.68. The molecule has 2 heteroatoms. The first kappa shape index (κ1) is 13.6. The average Bonchev–Trinajstić information content (AvgIpc) is 2.46. The normalized spacial score (nSPS) is 46.4. The van der Waals surface area contributed by atoms with E-state index in [4.69, 9.17) is 0 Å². The molecule has 0 aromatic heterocycles.